The Balaban J connectivity index is 2.06. The van der Waals surface area contributed by atoms with Gasteiger partial charge in [-0.2, -0.15) is 4.39 Å². The van der Waals surface area contributed by atoms with E-state index in [1.165, 1.54) is 6.07 Å². The molecule has 0 aliphatic rings. The van der Waals surface area contributed by atoms with Gasteiger partial charge in [0.1, 0.15) is 5.76 Å². The minimum absolute atomic E-state index is 0.364. The van der Waals surface area contributed by atoms with Gasteiger partial charge in [0.25, 0.3) is 0 Å². The lowest BCUT2D eigenvalue weighted by atomic mass is 10.2. The summed E-state index contributed by atoms with van der Waals surface area (Å²) in [4.78, 5) is 9.68. The second-order valence-corrected chi connectivity index (χ2v) is 4.26. The second kappa shape index (κ2) is 5.18. The van der Waals surface area contributed by atoms with Crippen molar-refractivity contribution in [1.82, 2.24) is 0 Å². The van der Waals surface area contributed by atoms with E-state index in [0.29, 0.717) is 22.7 Å². The summed E-state index contributed by atoms with van der Waals surface area (Å²) in [5.74, 6) is -0.203. The lowest BCUT2D eigenvalue weighted by molar-refractivity contribution is -0.387. The average Bonchev–Trinajstić information content (AvgIpc) is 2.72. The van der Waals surface area contributed by atoms with Gasteiger partial charge in [0.15, 0.2) is 4.67 Å². The second-order valence-electron chi connectivity index (χ2n) is 3.48. The topological polar surface area (TPSA) is 68.3 Å². The highest BCUT2D eigenvalue weighted by atomic mass is 79.9. The van der Waals surface area contributed by atoms with Crippen molar-refractivity contribution in [1.29, 1.82) is 0 Å². The number of benzene rings is 1. The van der Waals surface area contributed by atoms with Gasteiger partial charge in [0.2, 0.25) is 5.82 Å². The van der Waals surface area contributed by atoms with Crippen LogP contribution in [0.25, 0.3) is 0 Å². The molecule has 1 heterocycles. The van der Waals surface area contributed by atoms with E-state index in [1.54, 1.807) is 12.1 Å². The Morgan fingerprint density at radius 2 is 2.17 bits per heavy atom. The fourth-order valence-electron chi connectivity index (χ4n) is 1.40. The number of rotatable bonds is 4. The van der Waals surface area contributed by atoms with Gasteiger partial charge in [0.05, 0.1) is 11.5 Å². The molecule has 0 bridgehead atoms. The molecule has 7 heteroatoms. The van der Waals surface area contributed by atoms with E-state index in [-0.39, 0.29) is 0 Å². The Bertz CT molecular complexity index is 585. The van der Waals surface area contributed by atoms with Gasteiger partial charge in [0, 0.05) is 17.8 Å². The summed E-state index contributed by atoms with van der Waals surface area (Å²) in [7, 11) is 0. The van der Waals surface area contributed by atoms with Crippen molar-refractivity contribution in [2.45, 2.75) is 6.54 Å². The molecular weight excluding hydrogens is 307 g/mol. The molecule has 1 aromatic heterocycles. The number of hydrogen-bond acceptors (Lipinski definition) is 4. The number of anilines is 1. The summed E-state index contributed by atoms with van der Waals surface area (Å²) in [6, 6.07) is 7.15. The Morgan fingerprint density at radius 1 is 1.39 bits per heavy atom. The largest absolute Gasteiger partial charge is 0.452 e. The van der Waals surface area contributed by atoms with Crippen molar-refractivity contribution in [3.8, 4) is 0 Å². The summed E-state index contributed by atoms with van der Waals surface area (Å²) in [6.07, 6.45) is 0. The number of furan rings is 1. The van der Waals surface area contributed by atoms with Crippen LogP contribution in [-0.2, 0) is 6.54 Å². The molecule has 1 N–H and O–H groups in total. The molecule has 0 atom stereocenters. The van der Waals surface area contributed by atoms with Gasteiger partial charge in [-0.1, -0.05) is 0 Å². The first kappa shape index (κ1) is 12.6. The molecule has 0 saturated heterocycles. The molecule has 5 nitrogen and oxygen atoms in total. The molecule has 94 valence electrons. The highest BCUT2D eigenvalue weighted by Gasteiger charge is 2.13. The summed E-state index contributed by atoms with van der Waals surface area (Å²) >= 11 is 3.17. The van der Waals surface area contributed by atoms with Gasteiger partial charge in [-0.3, -0.25) is 10.1 Å². The first-order chi connectivity index (χ1) is 8.56. The zero-order chi connectivity index (χ0) is 13.1. The Hall–Kier alpha value is -1.89. The van der Waals surface area contributed by atoms with Gasteiger partial charge >= 0.3 is 5.69 Å². The number of nitrogens with zero attached hydrogens (tertiary/aromatic N) is 1. The quantitative estimate of drug-likeness (QED) is 0.690. The van der Waals surface area contributed by atoms with Crippen LogP contribution in [-0.4, -0.2) is 4.92 Å². The van der Waals surface area contributed by atoms with Crippen LogP contribution in [0.5, 0.6) is 0 Å². The molecule has 0 fully saturated rings. The fourth-order valence-corrected chi connectivity index (χ4v) is 1.74. The van der Waals surface area contributed by atoms with E-state index in [9.17, 15) is 14.5 Å². The highest BCUT2D eigenvalue weighted by Crippen LogP contribution is 2.21. The van der Waals surface area contributed by atoms with Gasteiger partial charge in [-0.05, 0) is 34.1 Å². The predicted octanol–water partition coefficient (Wildman–Crippen LogP) is 3.70. The number of nitrogens with one attached hydrogen (secondary N) is 1. The molecule has 0 radical (unpaired) electrons. The average molecular weight is 315 g/mol. The standard InChI is InChI=1S/C11H8BrFN2O3/c12-11-4-2-8(18-11)6-14-7-1-3-10(15(16)17)9(13)5-7/h1-5,14H,6H2. The van der Waals surface area contributed by atoms with Crippen LogP contribution in [0, 0.1) is 15.9 Å². The fraction of sp³-hybridized carbons (Fsp3) is 0.0909. The Kier molecular flexibility index (Phi) is 3.61. The molecule has 0 unspecified atom stereocenters. The van der Waals surface area contributed by atoms with Crippen LogP contribution in [0.3, 0.4) is 0 Å². The third-order valence-corrected chi connectivity index (χ3v) is 2.67. The van der Waals surface area contributed by atoms with Crippen molar-refractivity contribution < 1.29 is 13.7 Å². The van der Waals surface area contributed by atoms with Crippen LogP contribution in [0.4, 0.5) is 15.8 Å². The molecule has 2 aromatic rings. The minimum atomic E-state index is -0.870. The monoisotopic (exact) mass is 314 g/mol. The Labute approximate surface area is 110 Å². The number of halogens is 2. The van der Waals surface area contributed by atoms with Gasteiger partial charge < -0.3 is 9.73 Å². The molecule has 1 aromatic carbocycles. The van der Waals surface area contributed by atoms with E-state index in [2.05, 4.69) is 21.2 Å². The van der Waals surface area contributed by atoms with Gasteiger partial charge in [-0.25, -0.2) is 0 Å². The van der Waals surface area contributed by atoms with Crippen LogP contribution < -0.4 is 5.32 Å². The van der Waals surface area contributed by atoms with Crippen LogP contribution in [0.15, 0.2) is 39.4 Å². The first-order valence-electron chi connectivity index (χ1n) is 4.98. The van der Waals surface area contributed by atoms with E-state index in [0.717, 1.165) is 12.1 Å². The van der Waals surface area contributed by atoms with Crippen molar-refractivity contribution in [2.24, 2.45) is 0 Å². The van der Waals surface area contributed by atoms with Crippen LogP contribution in [0.2, 0.25) is 0 Å². The smallest absolute Gasteiger partial charge is 0.304 e. The minimum Gasteiger partial charge on any atom is -0.452 e. The first-order valence-corrected chi connectivity index (χ1v) is 5.77. The maximum atomic E-state index is 13.3. The molecule has 0 saturated carbocycles. The normalized spacial score (nSPS) is 10.3. The molecule has 18 heavy (non-hydrogen) atoms. The summed E-state index contributed by atoms with van der Waals surface area (Å²) in [6.45, 7) is 0.364. The van der Waals surface area contributed by atoms with Crippen molar-refractivity contribution in [3.63, 3.8) is 0 Å². The summed E-state index contributed by atoms with van der Waals surface area (Å²) in [5.41, 5.74) is -0.0908. The van der Waals surface area contributed by atoms with Crippen molar-refractivity contribution >= 4 is 27.3 Å². The predicted molar refractivity (Wildman–Crippen MR) is 66.8 cm³/mol. The Morgan fingerprint density at radius 3 is 2.72 bits per heavy atom. The lowest BCUT2D eigenvalue weighted by Gasteiger charge is -2.04. The van der Waals surface area contributed by atoms with E-state index < -0.39 is 16.4 Å². The van der Waals surface area contributed by atoms with E-state index in [4.69, 9.17) is 4.42 Å². The molecular formula is C11H8BrFN2O3. The summed E-state index contributed by atoms with van der Waals surface area (Å²) in [5, 5.41) is 13.3. The zero-order valence-corrected chi connectivity index (χ0v) is 10.6. The third-order valence-electron chi connectivity index (χ3n) is 2.24. The van der Waals surface area contributed by atoms with Crippen molar-refractivity contribution in [3.05, 3.63) is 56.7 Å². The number of nitro benzene ring substituents is 1. The van der Waals surface area contributed by atoms with E-state index >= 15 is 0 Å². The molecule has 0 aliphatic carbocycles. The maximum absolute atomic E-state index is 13.3. The molecule has 2 rings (SSSR count). The molecule has 0 spiro atoms. The molecule has 0 aliphatic heterocycles. The summed E-state index contributed by atoms with van der Waals surface area (Å²) < 4.78 is 19.2. The number of nitro groups is 1. The van der Waals surface area contributed by atoms with Crippen molar-refractivity contribution in [2.75, 3.05) is 5.32 Å². The lowest BCUT2D eigenvalue weighted by Crippen LogP contribution is -2.00. The highest BCUT2D eigenvalue weighted by molar-refractivity contribution is 9.10. The molecule has 0 amide bonds. The number of hydrogen-bond donors (Lipinski definition) is 1. The SMILES string of the molecule is O=[N+]([O-])c1ccc(NCc2ccc(Br)o2)cc1F. The van der Waals surface area contributed by atoms with Crippen LogP contribution >= 0.6 is 15.9 Å². The van der Waals surface area contributed by atoms with E-state index in [1.807, 2.05) is 0 Å². The van der Waals surface area contributed by atoms with Crippen LogP contribution in [0.1, 0.15) is 5.76 Å². The third kappa shape index (κ3) is 2.86. The maximum Gasteiger partial charge on any atom is 0.304 e. The zero-order valence-electron chi connectivity index (χ0n) is 9.02. The van der Waals surface area contributed by atoms with Gasteiger partial charge in [-0.15, -0.1) is 0 Å².